The van der Waals surface area contributed by atoms with Crippen LogP contribution in [0.15, 0.2) is 60.8 Å². The number of hydrogen-bond acceptors (Lipinski definition) is 4. The Bertz CT molecular complexity index is 1430. The topological polar surface area (TPSA) is 112 Å². The fourth-order valence-electron chi connectivity index (χ4n) is 4.12. The lowest BCUT2D eigenvalue weighted by atomic mass is 9.97. The van der Waals surface area contributed by atoms with E-state index < -0.39 is 11.9 Å². The zero-order valence-electron chi connectivity index (χ0n) is 18.2. The van der Waals surface area contributed by atoms with Gasteiger partial charge in [-0.2, -0.15) is 5.10 Å². The SMILES string of the molecule is Cn1nccc1NC(=O)CN1C(=O)C(NC(=O)c2cc3cc(Cl)ccc3[nH]2)Cc2ccccc21. The molecule has 2 aromatic carbocycles. The number of H-pyrrole nitrogens is 1. The number of nitrogens with zero attached hydrogens (tertiary/aromatic N) is 3. The number of carbonyl (C=O) groups excluding carboxylic acids is 3. The molecule has 0 radical (unpaired) electrons. The minimum Gasteiger partial charge on any atom is -0.351 e. The molecule has 3 amide bonds. The maximum absolute atomic E-state index is 13.4. The van der Waals surface area contributed by atoms with E-state index in [0.29, 0.717) is 28.6 Å². The molecule has 4 aromatic rings. The molecule has 0 bridgehead atoms. The van der Waals surface area contributed by atoms with Gasteiger partial charge in [0.15, 0.2) is 0 Å². The summed E-state index contributed by atoms with van der Waals surface area (Å²) >= 11 is 6.04. The van der Waals surface area contributed by atoms with Crippen molar-refractivity contribution in [3.05, 3.63) is 77.1 Å². The molecule has 10 heteroatoms. The Morgan fingerprint density at radius 2 is 2.00 bits per heavy atom. The van der Waals surface area contributed by atoms with Crippen molar-refractivity contribution in [3.8, 4) is 0 Å². The van der Waals surface area contributed by atoms with Crippen LogP contribution in [-0.4, -0.2) is 45.1 Å². The number of halogens is 1. The van der Waals surface area contributed by atoms with Gasteiger partial charge in [-0.25, -0.2) is 0 Å². The summed E-state index contributed by atoms with van der Waals surface area (Å²) in [6.07, 6.45) is 1.90. The minimum absolute atomic E-state index is 0.196. The van der Waals surface area contributed by atoms with Gasteiger partial charge in [0.05, 0.1) is 6.20 Å². The summed E-state index contributed by atoms with van der Waals surface area (Å²) in [7, 11) is 1.71. The first-order valence-corrected chi connectivity index (χ1v) is 11.0. The highest BCUT2D eigenvalue weighted by atomic mass is 35.5. The molecule has 1 atom stereocenters. The van der Waals surface area contributed by atoms with Gasteiger partial charge in [-0.1, -0.05) is 29.8 Å². The molecule has 0 spiro atoms. The van der Waals surface area contributed by atoms with Crippen molar-refractivity contribution >= 4 is 51.7 Å². The summed E-state index contributed by atoms with van der Waals surface area (Å²) in [5.41, 5.74) is 2.61. The Kier molecular flexibility index (Phi) is 5.54. The molecule has 2 aromatic heterocycles. The Morgan fingerprint density at radius 3 is 2.79 bits per heavy atom. The van der Waals surface area contributed by atoms with E-state index >= 15 is 0 Å². The van der Waals surface area contributed by atoms with Gasteiger partial charge >= 0.3 is 0 Å². The van der Waals surface area contributed by atoms with Crippen LogP contribution in [0.4, 0.5) is 11.5 Å². The maximum atomic E-state index is 13.4. The highest BCUT2D eigenvalue weighted by Crippen LogP contribution is 2.28. The average Bonchev–Trinajstić information content (AvgIpc) is 3.42. The van der Waals surface area contributed by atoms with Crippen LogP contribution in [-0.2, 0) is 23.1 Å². The molecular formula is C24H21ClN6O3. The van der Waals surface area contributed by atoms with Crippen molar-refractivity contribution in [3.63, 3.8) is 0 Å². The van der Waals surface area contributed by atoms with Crippen LogP contribution in [0.25, 0.3) is 10.9 Å². The first-order chi connectivity index (χ1) is 16.4. The second-order valence-corrected chi connectivity index (χ2v) is 8.52. The van der Waals surface area contributed by atoms with Crippen molar-refractivity contribution in [1.82, 2.24) is 20.1 Å². The molecule has 0 fully saturated rings. The van der Waals surface area contributed by atoms with E-state index in [1.807, 2.05) is 18.2 Å². The fraction of sp³-hybridized carbons (Fsp3) is 0.167. The zero-order valence-corrected chi connectivity index (χ0v) is 19.0. The van der Waals surface area contributed by atoms with E-state index in [1.54, 1.807) is 49.6 Å². The molecule has 9 nitrogen and oxygen atoms in total. The molecule has 1 aliphatic rings. The number of aromatic nitrogens is 3. The third-order valence-electron chi connectivity index (χ3n) is 5.79. The first-order valence-electron chi connectivity index (χ1n) is 10.7. The lowest BCUT2D eigenvalue weighted by molar-refractivity contribution is -0.123. The molecule has 5 rings (SSSR count). The van der Waals surface area contributed by atoms with Gasteiger partial charge in [-0.3, -0.25) is 19.1 Å². The van der Waals surface area contributed by atoms with Crippen LogP contribution in [0.5, 0.6) is 0 Å². The quantitative estimate of drug-likeness (QED) is 0.411. The van der Waals surface area contributed by atoms with E-state index in [2.05, 4.69) is 20.7 Å². The number of benzene rings is 2. The number of hydrogen-bond donors (Lipinski definition) is 3. The van der Waals surface area contributed by atoms with Crippen LogP contribution in [0.1, 0.15) is 16.1 Å². The Hall–Kier alpha value is -4.11. The molecule has 0 aliphatic carbocycles. The number of carbonyl (C=O) groups is 3. The number of aromatic amines is 1. The fourth-order valence-corrected chi connectivity index (χ4v) is 4.30. The molecule has 3 N–H and O–H groups in total. The van der Waals surface area contributed by atoms with Gasteiger partial charge in [-0.05, 0) is 35.9 Å². The summed E-state index contributed by atoms with van der Waals surface area (Å²) in [6.45, 7) is -0.196. The molecule has 172 valence electrons. The molecule has 0 saturated heterocycles. The van der Waals surface area contributed by atoms with Crippen molar-refractivity contribution in [2.45, 2.75) is 12.5 Å². The van der Waals surface area contributed by atoms with Crippen molar-refractivity contribution in [1.29, 1.82) is 0 Å². The smallest absolute Gasteiger partial charge is 0.268 e. The van der Waals surface area contributed by atoms with Gasteiger partial charge in [0.1, 0.15) is 24.1 Å². The number of para-hydroxylation sites is 1. The van der Waals surface area contributed by atoms with Gasteiger partial charge in [-0.15, -0.1) is 0 Å². The van der Waals surface area contributed by atoms with Crippen LogP contribution in [0.2, 0.25) is 5.02 Å². The number of aryl methyl sites for hydroxylation is 1. The summed E-state index contributed by atoms with van der Waals surface area (Å²) in [5, 5.41) is 11.0. The highest BCUT2D eigenvalue weighted by Gasteiger charge is 2.35. The van der Waals surface area contributed by atoms with Crippen molar-refractivity contribution < 1.29 is 14.4 Å². The predicted octanol–water partition coefficient (Wildman–Crippen LogP) is 2.88. The van der Waals surface area contributed by atoms with Crippen LogP contribution < -0.4 is 15.5 Å². The summed E-state index contributed by atoms with van der Waals surface area (Å²) in [4.78, 5) is 43.5. The van der Waals surface area contributed by atoms with E-state index in [-0.39, 0.29) is 18.4 Å². The van der Waals surface area contributed by atoms with Crippen molar-refractivity contribution in [2.75, 3.05) is 16.8 Å². The first kappa shape index (κ1) is 21.7. The Labute approximate surface area is 199 Å². The standard InChI is InChI=1S/C24H21ClN6O3/c1-30-21(8-9-26-30)29-22(32)13-31-20-5-3-2-4-14(20)11-19(24(31)34)28-23(33)18-12-15-10-16(25)6-7-17(15)27-18/h2-10,12,19,27H,11,13H2,1H3,(H,28,33)(H,29,32). The lowest BCUT2D eigenvalue weighted by Crippen LogP contribution is -2.54. The number of anilines is 2. The summed E-state index contributed by atoms with van der Waals surface area (Å²) in [6, 6.07) is 15.2. The number of fused-ring (bicyclic) bond motifs is 2. The zero-order chi connectivity index (χ0) is 23.8. The largest absolute Gasteiger partial charge is 0.351 e. The van der Waals surface area contributed by atoms with Crippen LogP contribution in [0.3, 0.4) is 0 Å². The van der Waals surface area contributed by atoms with E-state index in [0.717, 1.165) is 16.5 Å². The van der Waals surface area contributed by atoms with Crippen LogP contribution in [0, 0.1) is 0 Å². The van der Waals surface area contributed by atoms with Gasteiger partial charge in [0.2, 0.25) is 11.8 Å². The third kappa shape index (κ3) is 4.13. The molecule has 3 heterocycles. The average molecular weight is 477 g/mol. The normalized spacial score (nSPS) is 15.3. The third-order valence-corrected chi connectivity index (χ3v) is 6.03. The van der Waals surface area contributed by atoms with E-state index in [1.165, 1.54) is 9.58 Å². The van der Waals surface area contributed by atoms with Gasteiger partial charge < -0.3 is 20.5 Å². The molecule has 1 aliphatic heterocycles. The number of amides is 3. The molecule has 34 heavy (non-hydrogen) atoms. The summed E-state index contributed by atoms with van der Waals surface area (Å²) < 4.78 is 1.53. The van der Waals surface area contributed by atoms with E-state index in [9.17, 15) is 14.4 Å². The molecule has 1 unspecified atom stereocenters. The number of nitrogens with one attached hydrogen (secondary N) is 3. The maximum Gasteiger partial charge on any atom is 0.268 e. The minimum atomic E-state index is -0.818. The second kappa shape index (κ2) is 8.68. The number of rotatable bonds is 5. The van der Waals surface area contributed by atoms with Crippen molar-refractivity contribution in [2.24, 2.45) is 7.05 Å². The Balaban J connectivity index is 1.36. The Morgan fingerprint density at radius 1 is 1.18 bits per heavy atom. The van der Waals surface area contributed by atoms with E-state index in [4.69, 9.17) is 11.6 Å². The predicted molar refractivity (Wildman–Crippen MR) is 129 cm³/mol. The van der Waals surface area contributed by atoms with Gasteiger partial charge in [0.25, 0.3) is 5.91 Å². The monoisotopic (exact) mass is 476 g/mol. The summed E-state index contributed by atoms with van der Waals surface area (Å²) in [5.74, 6) is -0.617. The van der Waals surface area contributed by atoms with Gasteiger partial charge in [0, 0.05) is 41.1 Å². The molecular weight excluding hydrogens is 456 g/mol. The van der Waals surface area contributed by atoms with Crippen LogP contribution >= 0.6 is 11.6 Å². The second-order valence-electron chi connectivity index (χ2n) is 8.09. The molecule has 0 saturated carbocycles. The highest BCUT2D eigenvalue weighted by molar-refractivity contribution is 6.31. The lowest BCUT2D eigenvalue weighted by Gasteiger charge is -2.34.